The van der Waals surface area contributed by atoms with Gasteiger partial charge in [-0.25, -0.2) is 4.98 Å². The van der Waals surface area contributed by atoms with E-state index >= 15 is 0 Å². The highest BCUT2D eigenvalue weighted by atomic mass is 32.1. The minimum Gasteiger partial charge on any atom is -0.258 e. The maximum atomic E-state index is 10.4. The van der Waals surface area contributed by atoms with E-state index in [1.807, 2.05) is 0 Å². The molecule has 0 unspecified atom stereocenters. The standard InChI is InChI=1S/C10H7N2O2S/c13-12(14)9-3-1-8(2-4-9)7-10-11-5-6-15-10/h1-4,6H,7H2. The number of non-ortho nitro benzene ring substituents is 1. The van der Waals surface area contributed by atoms with Crippen molar-refractivity contribution in [2.45, 2.75) is 6.42 Å². The predicted molar refractivity (Wildman–Crippen MR) is 56.9 cm³/mol. The molecule has 15 heavy (non-hydrogen) atoms. The van der Waals surface area contributed by atoms with Gasteiger partial charge in [0.05, 0.1) is 9.93 Å². The van der Waals surface area contributed by atoms with Crippen molar-refractivity contribution >= 4 is 17.0 Å². The molecule has 75 valence electrons. The molecular formula is C10H7N2O2S. The highest BCUT2D eigenvalue weighted by Gasteiger charge is 2.04. The molecule has 5 heteroatoms. The first-order valence-electron chi connectivity index (χ1n) is 4.29. The molecule has 4 nitrogen and oxygen atoms in total. The third kappa shape index (κ3) is 2.38. The number of rotatable bonds is 3. The van der Waals surface area contributed by atoms with Crippen LogP contribution in [0.2, 0.25) is 0 Å². The molecular weight excluding hydrogens is 212 g/mol. The third-order valence-corrected chi connectivity index (χ3v) is 2.67. The topological polar surface area (TPSA) is 56.0 Å². The zero-order valence-electron chi connectivity index (χ0n) is 7.71. The Morgan fingerprint density at radius 2 is 2.13 bits per heavy atom. The molecule has 0 amide bonds. The molecule has 2 rings (SSSR count). The molecule has 0 aliphatic carbocycles. The Hall–Kier alpha value is -1.75. The van der Waals surface area contributed by atoms with E-state index < -0.39 is 4.92 Å². The van der Waals surface area contributed by atoms with Gasteiger partial charge < -0.3 is 0 Å². The van der Waals surface area contributed by atoms with E-state index in [-0.39, 0.29) is 5.69 Å². The summed E-state index contributed by atoms with van der Waals surface area (Å²) in [5.41, 5.74) is 1.13. The minimum absolute atomic E-state index is 0.115. The van der Waals surface area contributed by atoms with Gasteiger partial charge in [-0.2, -0.15) is 0 Å². The molecule has 0 fully saturated rings. The van der Waals surface area contributed by atoms with Crippen molar-refractivity contribution in [1.29, 1.82) is 0 Å². The van der Waals surface area contributed by atoms with E-state index in [2.05, 4.69) is 11.2 Å². The lowest BCUT2D eigenvalue weighted by Crippen LogP contribution is -1.90. The Bertz CT molecular complexity index is 451. The molecule has 1 aromatic heterocycles. The Kier molecular flexibility index (Phi) is 2.73. The third-order valence-electron chi connectivity index (χ3n) is 1.94. The first-order chi connectivity index (χ1) is 7.25. The van der Waals surface area contributed by atoms with Gasteiger partial charge in [0.2, 0.25) is 0 Å². The number of nitro groups is 1. The largest absolute Gasteiger partial charge is 0.269 e. The monoisotopic (exact) mass is 219 g/mol. The maximum Gasteiger partial charge on any atom is 0.269 e. The van der Waals surface area contributed by atoms with Crippen LogP contribution in [-0.4, -0.2) is 9.91 Å². The van der Waals surface area contributed by atoms with Gasteiger partial charge in [-0.3, -0.25) is 10.1 Å². The average molecular weight is 219 g/mol. The summed E-state index contributed by atoms with van der Waals surface area (Å²) in [6.07, 6.45) is 3.44. The lowest BCUT2D eigenvalue weighted by Gasteiger charge is -1.97. The van der Waals surface area contributed by atoms with Crippen molar-refractivity contribution in [3.8, 4) is 0 Å². The van der Waals surface area contributed by atoms with Crippen molar-refractivity contribution < 1.29 is 4.92 Å². The summed E-state index contributed by atoms with van der Waals surface area (Å²) in [6, 6.07) is 6.51. The number of thiazole rings is 1. The van der Waals surface area contributed by atoms with Gasteiger partial charge in [-0.05, 0) is 5.56 Å². The number of benzene rings is 1. The van der Waals surface area contributed by atoms with Crippen LogP contribution in [0, 0.1) is 16.3 Å². The van der Waals surface area contributed by atoms with E-state index in [0.717, 1.165) is 10.6 Å². The van der Waals surface area contributed by atoms with Crippen LogP contribution in [0.15, 0.2) is 29.6 Å². The molecule has 0 aliphatic rings. The number of aromatic nitrogens is 1. The number of nitrogens with zero attached hydrogens (tertiary/aromatic N) is 2. The maximum absolute atomic E-state index is 10.4. The van der Waals surface area contributed by atoms with Crippen LogP contribution in [0.5, 0.6) is 0 Å². The fourth-order valence-electron chi connectivity index (χ4n) is 1.21. The van der Waals surface area contributed by atoms with Gasteiger partial charge in [-0.1, -0.05) is 12.1 Å². The number of hydrogen-bond donors (Lipinski definition) is 0. The van der Waals surface area contributed by atoms with E-state index in [1.54, 1.807) is 17.5 Å². The van der Waals surface area contributed by atoms with Crippen molar-refractivity contribution in [3.05, 3.63) is 56.5 Å². The van der Waals surface area contributed by atoms with Gasteiger partial charge >= 0.3 is 0 Å². The lowest BCUT2D eigenvalue weighted by atomic mass is 10.1. The Morgan fingerprint density at radius 1 is 1.40 bits per heavy atom. The normalized spacial score (nSPS) is 10.1. The lowest BCUT2D eigenvalue weighted by molar-refractivity contribution is -0.384. The minimum atomic E-state index is -0.402. The van der Waals surface area contributed by atoms with Crippen LogP contribution in [0.1, 0.15) is 10.6 Å². The molecule has 0 saturated heterocycles. The van der Waals surface area contributed by atoms with E-state index in [0.29, 0.717) is 6.42 Å². The molecule has 2 aromatic rings. The summed E-state index contributed by atoms with van der Waals surface area (Å²) < 4.78 is 0. The second-order valence-corrected chi connectivity index (χ2v) is 3.91. The van der Waals surface area contributed by atoms with Gasteiger partial charge in [0.1, 0.15) is 6.20 Å². The molecule has 0 N–H and O–H groups in total. The molecule has 0 bridgehead atoms. The Balaban J connectivity index is 2.14. The van der Waals surface area contributed by atoms with Gasteiger partial charge in [0, 0.05) is 23.9 Å². The summed E-state index contributed by atoms with van der Waals surface area (Å²) in [7, 11) is 0. The molecule has 1 aromatic carbocycles. The van der Waals surface area contributed by atoms with Gasteiger partial charge in [0.25, 0.3) is 5.69 Å². The van der Waals surface area contributed by atoms with Crippen LogP contribution >= 0.6 is 11.3 Å². The van der Waals surface area contributed by atoms with Crippen LogP contribution in [0.3, 0.4) is 0 Å². The fraction of sp³-hybridized carbons (Fsp3) is 0.100. The quantitative estimate of drug-likeness (QED) is 0.588. The average Bonchev–Trinajstić information content (AvgIpc) is 2.71. The van der Waals surface area contributed by atoms with Crippen molar-refractivity contribution in [2.75, 3.05) is 0 Å². The molecule has 1 radical (unpaired) electrons. The SMILES string of the molecule is O=[N+]([O-])c1ccc(Cc2n[c]cs2)cc1. The summed E-state index contributed by atoms with van der Waals surface area (Å²) in [5, 5.41) is 13.2. The molecule has 0 aliphatic heterocycles. The highest BCUT2D eigenvalue weighted by molar-refractivity contribution is 7.09. The summed E-state index contributed by atoms with van der Waals surface area (Å²) >= 11 is 1.53. The molecule has 0 spiro atoms. The summed E-state index contributed by atoms with van der Waals surface area (Å²) in [4.78, 5) is 14.0. The van der Waals surface area contributed by atoms with Crippen LogP contribution in [0.4, 0.5) is 5.69 Å². The van der Waals surface area contributed by atoms with Crippen molar-refractivity contribution in [1.82, 2.24) is 4.98 Å². The Morgan fingerprint density at radius 3 is 2.67 bits per heavy atom. The molecule has 1 heterocycles. The number of hydrogen-bond acceptors (Lipinski definition) is 4. The van der Waals surface area contributed by atoms with Gasteiger partial charge in [-0.15, -0.1) is 11.3 Å². The zero-order chi connectivity index (χ0) is 10.7. The van der Waals surface area contributed by atoms with Gasteiger partial charge in [0.15, 0.2) is 0 Å². The van der Waals surface area contributed by atoms with E-state index in [9.17, 15) is 10.1 Å². The predicted octanol–water partition coefficient (Wildman–Crippen LogP) is 2.44. The second-order valence-electron chi connectivity index (χ2n) is 2.97. The van der Waals surface area contributed by atoms with Crippen molar-refractivity contribution in [2.24, 2.45) is 0 Å². The zero-order valence-corrected chi connectivity index (χ0v) is 8.53. The summed E-state index contributed by atoms with van der Waals surface area (Å²) in [6.45, 7) is 0. The summed E-state index contributed by atoms with van der Waals surface area (Å²) in [5.74, 6) is 0. The fourth-order valence-corrected chi connectivity index (χ4v) is 1.81. The van der Waals surface area contributed by atoms with Crippen molar-refractivity contribution in [3.63, 3.8) is 0 Å². The van der Waals surface area contributed by atoms with E-state index in [1.165, 1.54) is 23.5 Å². The molecule has 0 atom stereocenters. The smallest absolute Gasteiger partial charge is 0.258 e. The van der Waals surface area contributed by atoms with Crippen LogP contribution in [-0.2, 0) is 6.42 Å². The van der Waals surface area contributed by atoms with Crippen LogP contribution in [0.25, 0.3) is 0 Å². The highest BCUT2D eigenvalue weighted by Crippen LogP contribution is 2.15. The number of nitro benzene ring substituents is 1. The second kappa shape index (κ2) is 4.18. The van der Waals surface area contributed by atoms with Crippen LogP contribution < -0.4 is 0 Å². The van der Waals surface area contributed by atoms with E-state index in [4.69, 9.17) is 0 Å². The Labute approximate surface area is 90.4 Å². The molecule has 0 saturated carbocycles. The first kappa shape index (κ1) is 9.79. The first-order valence-corrected chi connectivity index (χ1v) is 5.17.